The van der Waals surface area contributed by atoms with Gasteiger partial charge in [-0.3, -0.25) is 10.1 Å². The van der Waals surface area contributed by atoms with Crippen molar-refractivity contribution in [1.29, 1.82) is 0 Å². The molecule has 0 aromatic carbocycles. The molecular weight excluding hydrogens is 504 g/mol. The Bertz CT molecular complexity index is 1020. The van der Waals surface area contributed by atoms with Gasteiger partial charge in [-0.15, -0.1) is 4.99 Å². The van der Waals surface area contributed by atoms with Crippen molar-refractivity contribution in [2.45, 2.75) is 105 Å². The molecule has 0 spiro atoms. The zero-order chi connectivity index (χ0) is 29.4. The van der Waals surface area contributed by atoms with Crippen LogP contribution in [0, 0.1) is 0 Å². The number of rotatable bonds is 6. The summed E-state index contributed by atoms with van der Waals surface area (Å²) < 4.78 is 16.0. The molecule has 12 nitrogen and oxygen atoms in total. The fraction of sp³-hybridized carbons (Fsp3) is 0.704. The Labute approximate surface area is 231 Å². The molecule has 1 saturated heterocycles. The van der Waals surface area contributed by atoms with Crippen molar-refractivity contribution in [3.63, 3.8) is 0 Å². The van der Waals surface area contributed by atoms with Crippen LogP contribution < -0.4 is 10.2 Å². The van der Waals surface area contributed by atoms with E-state index in [-0.39, 0.29) is 30.6 Å². The van der Waals surface area contributed by atoms with Gasteiger partial charge >= 0.3 is 18.2 Å². The lowest BCUT2D eigenvalue weighted by Crippen LogP contribution is -2.62. The highest BCUT2D eigenvalue weighted by molar-refractivity contribution is 5.99. The highest BCUT2D eigenvalue weighted by atomic mass is 16.6. The van der Waals surface area contributed by atoms with E-state index in [1.54, 1.807) is 47.7 Å². The van der Waals surface area contributed by atoms with Crippen molar-refractivity contribution in [1.82, 2.24) is 20.2 Å². The molecule has 1 aromatic heterocycles. The second-order valence-electron chi connectivity index (χ2n) is 11.6. The van der Waals surface area contributed by atoms with Gasteiger partial charge in [0.2, 0.25) is 5.96 Å². The molecule has 0 saturated carbocycles. The fourth-order valence-electron chi connectivity index (χ4n) is 4.06. The topological polar surface area (TPSA) is 136 Å². The van der Waals surface area contributed by atoms with Crippen LogP contribution in [0.4, 0.5) is 15.4 Å². The Morgan fingerprint density at radius 2 is 1.67 bits per heavy atom. The molecule has 39 heavy (non-hydrogen) atoms. The second kappa shape index (κ2) is 13.6. The number of nitrogens with zero attached hydrogens (tertiary/aromatic N) is 5. The zero-order valence-electron chi connectivity index (χ0n) is 24.7. The van der Waals surface area contributed by atoms with E-state index >= 15 is 0 Å². The lowest BCUT2D eigenvalue weighted by Gasteiger charge is -2.46. The van der Waals surface area contributed by atoms with Crippen LogP contribution in [0.25, 0.3) is 0 Å². The first-order valence-corrected chi connectivity index (χ1v) is 13.4. The molecule has 2 rings (SSSR count). The Kier molecular flexibility index (Phi) is 11.1. The molecule has 2 atom stereocenters. The van der Waals surface area contributed by atoms with E-state index in [0.717, 1.165) is 12.2 Å². The van der Waals surface area contributed by atoms with E-state index in [1.807, 2.05) is 31.7 Å². The normalized spacial score (nSPS) is 18.4. The maximum Gasteiger partial charge on any atom is 0.437 e. The first kappa shape index (κ1) is 31.8. The van der Waals surface area contributed by atoms with E-state index in [0.29, 0.717) is 31.8 Å². The second-order valence-corrected chi connectivity index (χ2v) is 11.6. The maximum atomic E-state index is 12.6. The van der Waals surface area contributed by atoms with E-state index in [2.05, 4.69) is 25.2 Å². The number of nitrogens with one attached hydrogen (secondary N) is 1. The summed E-state index contributed by atoms with van der Waals surface area (Å²) in [4.78, 5) is 53.9. The van der Waals surface area contributed by atoms with E-state index < -0.39 is 23.4 Å². The van der Waals surface area contributed by atoms with Gasteiger partial charge in [0.25, 0.3) is 0 Å². The molecule has 1 aliphatic heterocycles. The summed E-state index contributed by atoms with van der Waals surface area (Å²) in [5, 5.41) is 2.65. The summed E-state index contributed by atoms with van der Waals surface area (Å²) in [6, 6.07) is 1.49. The Balaban J connectivity index is 2.19. The lowest BCUT2D eigenvalue weighted by molar-refractivity contribution is -0.143. The molecule has 1 N–H and O–H groups in total. The molecule has 1 fully saturated rings. The summed E-state index contributed by atoms with van der Waals surface area (Å²) >= 11 is 0. The highest BCUT2D eigenvalue weighted by Crippen LogP contribution is 2.22. The predicted octanol–water partition coefficient (Wildman–Crippen LogP) is 4.08. The van der Waals surface area contributed by atoms with Gasteiger partial charge in [-0.25, -0.2) is 19.6 Å². The molecule has 2 amide bonds. The maximum absolute atomic E-state index is 12.6. The van der Waals surface area contributed by atoms with Crippen LogP contribution in [0.2, 0.25) is 0 Å². The number of anilines is 1. The van der Waals surface area contributed by atoms with Crippen LogP contribution in [0.1, 0.15) is 81.0 Å². The summed E-state index contributed by atoms with van der Waals surface area (Å²) in [7, 11) is 0. The third kappa shape index (κ3) is 11.1. The van der Waals surface area contributed by atoms with Gasteiger partial charge in [0.05, 0.1) is 6.61 Å². The van der Waals surface area contributed by atoms with Crippen LogP contribution in [-0.4, -0.2) is 82.0 Å². The number of alkyl carbamates (subject to hydrolysis) is 1. The summed E-state index contributed by atoms with van der Waals surface area (Å²) in [6.45, 7) is 17.7. The summed E-state index contributed by atoms with van der Waals surface area (Å²) in [6.07, 6.45) is 1.71. The first-order chi connectivity index (χ1) is 18.1. The average Bonchev–Trinajstić information content (AvgIpc) is 2.76. The number of aromatic nitrogens is 2. The lowest BCUT2D eigenvalue weighted by atomic mass is 10.1. The molecule has 0 radical (unpaired) electrons. The number of amides is 2. The van der Waals surface area contributed by atoms with Gasteiger partial charge < -0.3 is 24.0 Å². The first-order valence-electron chi connectivity index (χ1n) is 13.4. The Morgan fingerprint density at radius 1 is 1.05 bits per heavy atom. The monoisotopic (exact) mass is 548 g/mol. The van der Waals surface area contributed by atoms with Gasteiger partial charge in [-0.2, -0.15) is 0 Å². The third-order valence-corrected chi connectivity index (χ3v) is 5.42. The number of carbonyl (C=O) groups excluding carboxylic acids is 3. The SMILES string of the molecule is CCCC(=O)OCCc1nccc(N2C[C@@H](C)N(C(=NC(=O)OC(C)(C)C)NC(=O)OC(C)(C)C)[C@@H](C)C2)n1. The summed E-state index contributed by atoms with van der Waals surface area (Å²) in [5.74, 6) is 1.16. The molecule has 2 heterocycles. The molecular formula is C27H44N6O6. The molecule has 218 valence electrons. The number of carbonyl (C=O) groups is 3. The van der Waals surface area contributed by atoms with Crippen molar-refractivity contribution in [2.75, 3.05) is 24.6 Å². The summed E-state index contributed by atoms with van der Waals surface area (Å²) in [5.41, 5.74) is -1.47. The van der Waals surface area contributed by atoms with E-state index in [1.165, 1.54) is 0 Å². The van der Waals surface area contributed by atoms with Crippen LogP contribution in [0.5, 0.6) is 0 Å². The van der Waals surface area contributed by atoms with Crippen molar-refractivity contribution in [3.8, 4) is 0 Å². The zero-order valence-corrected chi connectivity index (χ0v) is 24.7. The minimum Gasteiger partial charge on any atom is -0.465 e. The molecule has 0 unspecified atom stereocenters. The number of aliphatic imine (C=N–C) groups is 1. The smallest absolute Gasteiger partial charge is 0.437 e. The van der Waals surface area contributed by atoms with Crippen LogP contribution in [-0.2, 0) is 25.4 Å². The fourth-order valence-corrected chi connectivity index (χ4v) is 4.06. The molecule has 0 aliphatic carbocycles. The number of hydrogen-bond donors (Lipinski definition) is 1. The van der Waals surface area contributed by atoms with Gasteiger partial charge in [0.1, 0.15) is 22.8 Å². The van der Waals surface area contributed by atoms with E-state index in [4.69, 9.17) is 14.2 Å². The quantitative estimate of drug-likeness (QED) is 0.240. The van der Waals surface area contributed by atoms with Crippen LogP contribution >= 0.6 is 0 Å². The van der Waals surface area contributed by atoms with Crippen LogP contribution in [0.3, 0.4) is 0 Å². The number of piperazine rings is 1. The van der Waals surface area contributed by atoms with Gasteiger partial charge in [-0.1, -0.05) is 6.92 Å². The molecule has 12 heteroatoms. The number of ether oxygens (including phenoxy) is 3. The largest absolute Gasteiger partial charge is 0.465 e. The predicted molar refractivity (Wildman–Crippen MR) is 148 cm³/mol. The van der Waals surface area contributed by atoms with Gasteiger partial charge in [-0.05, 0) is 67.9 Å². The van der Waals surface area contributed by atoms with Crippen molar-refractivity contribution < 1.29 is 28.6 Å². The van der Waals surface area contributed by atoms with Crippen molar-refractivity contribution >= 4 is 29.9 Å². The number of guanidine groups is 1. The number of esters is 1. The molecule has 1 aromatic rings. The number of hydrogen-bond acceptors (Lipinski definition) is 9. The minimum atomic E-state index is -0.810. The van der Waals surface area contributed by atoms with Crippen molar-refractivity contribution in [2.24, 2.45) is 4.99 Å². The third-order valence-electron chi connectivity index (χ3n) is 5.42. The van der Waals surface area contributed by atoms with Gasteiger partial charge in [0, 0.05) is 44.2 Å². The molecule has 1 aliphatic rings. The van der Waals surface area contributed by atoms with Gasteiger partial charge in [0.15, 0.2) is 0 Å². The standard InChI is InChI=1S/C27H44N6O6/c1-10-11-22(34)37-15-13-20-28-14-12-21(29-20)32-16-18(2)33(19(3)17-32)23(30-24(35)38-26(4,5)6)31-25(36)39-27(7,8)9/h12,14,18-19H,10-11,13,15-17H2,1-9H3,(H,30,31,35,36)/t18-,19+. The van der Waals surface area contributed by atoms with Crippen molar-refractivity contribution in [3.05, 3.63) is 18.1 Å². The Morgan fingerprint density at radius 3 is 2.23 bits per heavy atom. The molecule has 0 bridgehead atoms. The Hall–Kier alpha value is -3.44. The van der Waals surface area contributed by atoms with Crippen LogP contribution in [0.15, 0.2) is 17.3 Å². The minimum absolute atomic E-state index is 0.0652. The van der Waals surface area contributed by atoms with E-state index in [9.17, 15) is 14.4 Å². The average molecular weight is 549 g/mol. The highest BCUT2D eigenvalue weighted by Gasteiger charge is 2.35.